The first-order chi connectivity index (χ1) is 4.81. The van der Waals surface area contributed by atoms with Gasteiger partial charge in [0.2, 0.25) is 0 Å². The maximum Gasteiger partial charge on any atom is 0.156 e. The van der Waals surface area contributed by atoms with Crippen molar-refractivity contribution in [2.24, 2.45) is 0 Å². The third-order valence-electron chi connectivity index (χ3n) is 0.746. The van der Waals surface area contributed by atoms with E-state index in [2.05, 4.69) is 4.74 Å². The van der Waals surface area contributed by atoms with Crippen LogP contribution in [0.4, 0.5) is 0 Å². The van der Waals surface area contributed by atoms with Gasteiger partial charge in [0.05, 0.1) is 19.0 Å². The minimum absolute atomic E-state index is 0.361. The number of alkyl halides is 1. The van der Waals surface area contributed by atoms with E-state index in [1.807, 2.05) is 0 Å². The molecule has 62 valence electrons. The summed E-state index contributed by atoms with van der Waals surface area (Å²) < 4.78 is 20.1. The molecule has 1 unspecified atom stereocenters. The summed E-state index contributed by atoms with van der Waals surface area (Å²) >= 11 is 4.07. The van der Waals surface area contributed by atoms with Crippen molar-refractivity contribution in [1.29, 1.82) is 0 Å². The van der Waals surface area contributed by atoms with Crippen LogP contribution in [0.3, 0.4) is 0 Å². The molecule has 0 aromatic carbocycles. The fourth-order valence-corrected chi connectivity index (χ4v) is 1.21. The smallest absolute Gasteiger partial charge is 0.156 e. The van der Waals surface area contributed by atoms with Crippen molar-refractivity contribution in [2.75, 3.05) is 32.0 Å². The minimum Gasteiger partial charge on any atom is -0.382 e. The third kappa shape index (κ3) is 6.48. The number of hydrogen-bond donors (Lipinski definition) is 0. The number of ether oxygens (including phenoxy) is 1. The first kappa shape index (κ1) is 10.4. The summed E-state index contributed by atoms with van der Waals surface area (Å²) in [5.41, 5.74) is 0. The van der Waals surface area contributed by atoms with Crippen LogP contribution in [0.1, 0.15) is 0 Å². The first-order valence-electron chi connectivity index (χ1n) is 2.87. The average molecular weight is 187 g/mol. The Kier molecular flexibility index (Phi) is 7.74. The van der Waals surface area contributed by atoms with Crippen LogP contribution in [0.2, 0.25) is 0 Å². The lowest BCUT2D eigenvalue weighted by atomic mass is 10.8. The number of halogens is 1. The molecule has 0 aliphatic carbocycles. The third-order valence-corrected chi connectivity index (χ3v) is 2.13. The van der Waals surface area contributed by atoms with Crippen LogP contribution in [0.5, 0.6) is 0 Å². The Hall–Kier alpha value is 0.360. The van der Waals surface area contributed by atoms with E-state index in [0.29, 0.717) is 24.8 Å². The molecule has 0 amide bonds. The van der Waals surface area contributed by atoms with Gasteiger partial charge in [-0.3, -0.25) is 4.18 Å². The fourth-order valence-electron chi connectivity index (χ4n) is 0.332. The van der Waals surface area contributed by atoms with Crippen molar-refractivity contribution in [1.82, 2.24) is 0 Å². The Balaban J connectivity index is 3.05. The second-order valence-corrected chi connectivity index (χ2v) is 3.14. The van der Waals surface area contributed by atoms with Crippen LogP contribution in [0, 0.1) is 0 Å². The molecule has 0 fully saturated rings. The Morgan fingerprint density at radius 2 is 2.20 bits per heavy atom. The van der Waals surface area contributed by atoms with Crippen molar-refractivity contribution in [2.45, 2.75) is 0 Å². The molecular weight excluding hydrogens is 176 g/mol. The van der Waals surface area contributed by atoms with Crippen molar-refractivity contribution in [3.63, 3.8) is 0 Å². The van der Waals surface area contributed by atoms with E-state index in [0.717, 1.165) is 0 Å². The molecule has 0 saturated heterocycles. The lowest BCUT2D eigenvalue weighted by Gasteiger charge is -1.99. The van der Waals surface area contributed by atoms with Crippen molar-refractivity contribution in [3.05, 3.63) is 0 Å². The molecule has 0 aromatic rings. The van der Waals surface area contributed by atoms with E-state index in [-0.39, 0.29) is 0 Å². The maximum absolute atomic E-state index is 10.7. The van der Waals surface area contributed by atoms with Gasteiger partial charge >= 0.3 is 0 Å². The van der Waals surface area contributed by atoms with Crippen molar-refractivity contribution >= 4 is 22.7 Å². The zero-order valence-corrected chi connectivity index (χ0v) is 7.41. The molecule has 0 bridgehead atoms. The molecule has 0 rings (SSSR count). The Bertz CT molecular complexity index is 98.9. The SMILES string of the molecule is COCCOS(=O)CCCl. The monoisotopic (exact) mass is 186 g/mol. The zero-order chi connectivity index (χ0) is 7.82. The van der Waals surface area contributed by atoms with Gasteiger partial charge in [-0.05, 0) is 0 Å². The average Bonchev–Trinajstić information content (AvgIpc) is 1.89. The van der Waals surface area contributed by atoms with Crippen LogP contribution >= 0.6 is 11.6 Å². The highest BCUT2D eigenvalue weighted by Gasteiger charge is 1.96. The van der Waals surface area contributed by atoms with Gasteiger partial charge in [0.25, 0.3) is 0 Å². The molecule has 3 nitrogen and oxygen atoms in total. The summed E-state index contributed by atoms with van der Waals surface area (Å²) in [6, 6.07) is 0. The van der Waals surface area contributed by atoms with Gasteiger partial charge in [0.15, 0.2) is 11.1 Å². The molecule has 0 aliphatic heterocycles. The number of methoxy groups -OCH3 is 1. The number of rotatable bonds is 6. The van der Waals surface area contributed by atoms with E-state index >= 15 is 0 Å². The molecule has 5 heteroatoms. The highest BCUT2D eigenvalue weighted by Crippen LogP contribution is 1.87. The molecule has 0 aromatic heterocycles. The van der Waals surface area contributed by atoms with Crippen LogP contribution in [0.15, 0.2) is 0 Å². The summed E-state index contributed by atoms with van der Waals surface area (Å²) in [7, 11) is 1.56. The van der Waals surface area contributed by atoms with Gasteiger partial charge in [-0.2, -0.15) is 0 Å². The van der Waals surface area contributed by atoms with Crippen molar-refractivity contribution in [3.8, 4) is 0 Å². The summed E-state index contributed by atoms with van der Waals surface area (Å²) in [4.78, 5) is 0. The molecular formula is C5H11ClO3S. The summed E-state index contributed by atoms with van der Waals surface area (Å²) in [5.74, 6) is 0.741. The van der Waals surface area contributed by atoms with Gasteiger partial charge in [-0.25, -0.2) is 4.21 Å². The van der Waals surface area contributed by atoms with Crippen molar-refractivity contribution < 1.29 is 13.1 Å². The molecule has 0 heterocycles. The topological polar surface area (TPSA) is 35.5 Å². The number of hydrogen-bond acceptors (Lipinski definition) is 3. The van der Waals surface area contributed by atoms with Crippen LogP contribution in [-0.4, -0.2) is 36.2 Å². The molecule has 0 spiro atoms. The predicted octanol–water partition coefficient (Wildman–Crippen LogP) is 0.552. The van der Waals surface area contributed by atoms with E-state index in [9.17, 15) is 4.21 Å². The standard InChI is InChI=1S/C5H11ClO3S/c1-8-3-4-9-10(7)5-2-6/h2-5H2,1H3. The molecule has 0 aliphatic rings. The van der Waals surface area contributed by atoms with Gasteiger partial charge in [0.1, 0.15) is 0 Å². The Morgan fingerprint density at radius 1 is 1.50 bits per heavy atom. The molecule has 0 saturated carbocycles. The van der Waals surface area contributed by atoms with Gasteiger partial charge in [0, 0.05) is 13.0 Å². The Labute approximate surface area is 68.3 Å². The van der Waals surface area contributed by atoms with E-state index in [1.54, 1.807) is 7.11 Å². The maximum atomic E-state index is 10.7. The van der Waals surface area contributed by atoms with Gasteiger partial charge in [-0.15, -0.1) is 11.6 Å². The summed E-state index contributed by atoms with van der Waals surface area (Å²) in [6.07, 6.45) is 0. The second-order valence-electron chi connectivity index (χ2n) is 1.51. The van der Waals surface area contributed by atoms with E-state index in [4.69, 9.17) is 15.8 Å². The van der Waals surface area contributed by atoms with Gasteiger partial charge < -0.3 is 4.74 Å². The quantitative estimate of drug-likeness (QED) is 0.449. The molecule has 1 atom stereocenters. The van der Waals surface area contributed by atoms with E-state index in [1.165, 1.54) is 0 Å². The highest BCUT2D eigenvalue weighted by molar-refractivity contribution is 7.80. The molecule has 0 radical (unpaired) electrons. The van der Waals surface area contributed by atoms with Crippen LogP contribution in [-0.2, 0) is 20.0 Å². The fraction of sp³-hybridized carbons (Fsp3) is 1.00. The normalized spacial score (nSPS) is 13.4. The Morgan fingerprint density at radius 3 is 2.70 bits per heavy atom. The predicted molar refractivity (Wildman–Crippen MR) is 41.6 cm³/mol. The summed E-state index contributed by atoms with van der Waals surface area (Å²) in [5, 5.41) is 0. The van der Waals surface area contributed by atoms with Crippen LogP contribution < -0.4 is 0 Å². The summed E-state index contributed by atoms with van der Waals surface area (Å²) in [6.45, 7) is 0.827. The lowest BCUT2D eigenvalue weighted by Crippen LogP contribution is -2.07. The van der Waals surface area contributed by atoms with E-state index < -0.39 is 11.1 Å². The second kappa shape index (κ2) is 7.47. The highest BCUT2D eigenvalue weighted by atomic mass is 35.5. The molecule has 0 N–H and O–H groups in total. The first-order valence-corrected chi connectivity index (χ1v) is 4.65. The lowest BCUT2D eigenvalue weighted by molar-refractivity contribution is 0.153. The molecule has 10 heavy (non-hydrogen) atoms. The van der Waals surface area contributed by atoms with Crippen LogP contribution in [0.25, 0.3) is 0 Å². The minimum atomic E-state index is -1.23. The zero-order valence-electron chi connectivity index (χ0n) is 5.84. The largest absolute Gasteiger partial charge is 0.382 e. The van der Waals surface area contributed by atoms with Gasteiger partial charge in [-0.1, -0.05) is 0 Å².